The first-order valence-corrected chi connectivity index (χ1v) is 7.35. The van der Waals surface area contributed by atoms with E-state index in [1.807, 2.05) is 5.38 Å². The quantitative estimate of drug-likeness (QED) is 0.884. The fourth-order valence-electron chi connectivity index (χ4n) is 1.72. The fourth-order valence-corrected chi connectivity index (χ4v) is 2.45. The SMILES string of the molecule is Cc1ccc(-c2csc(NCC(C)C(=O)O)n2)cc1C. The van der Waals surface area contributed by atoms with Crippen molar-refractivity contribution in [2.75, 3.05) is 11.9 Å². The molecule has 2 aromatic rings. The van der Waals surface area contributed by atoms with E-state index >= 15 is 0 Å². The molecule has 5 heteroatoms. The number of carbonyl (C=O) groups is 1. The van der Waals surface area contributed by atoms with Gasteiger partial charge in [0.15, 0.2) is 5.13 Å². The van der Waals surface area contributed by atoms with Gasteiger partial charge in [-0.3, -0.25) is 4.79 Å². The van der Waals surface area contributed by atoms with Crippen LogP contribution in [0.2, 0.25) is 0 Å². The Kier molecular flexibility index (Phi) is 4.39. The number of carboxylic acids is 1. The van der Waals surface area contributed by atoms with E-state index in [4.69, 9.17) is 5.11 Å². The summed E-state index contributed by atoms with van der Waals surface area (Å²) >= 11 is 1.49. The van der Waals surface area contributed by atoms with Crippen molar-refractivity contribution in [3.05, 3.63) is 34.7 Å². The first-order valence-electron chi connectivity index (χ1n) is 6.47. The van der Waals surface area contributed by atoms with E-state index in [2.05, 4.69) is 42.3 Å². The molecule has 0 spiro atoms. The van der Waals surface area contributed by atoms with Crippen LogP contribution in [0.3, 0.4) is 0 Å². The smallest absolute Gasteiger partial charge is 0.308 e. The number of aliphatic carboxylic acids is 1. The molecule has 0 aliphatic carbocycles. The summed E-state index contributed by atoms with van der Waals surface area (Å²) in [6, 6.07) is 6.26. The molecule has 1 atom stereocenters. The first-order chi connectivity index (χ1) is 9.47. The van der Waals surface area contributed by atoms with E-state index in [1.165, 1.54) is 22.5 Å². The lowest BCUT2D eigenvalue weighted by Crippen LogP contribution is -2.19. The van der Waals surface area contributed by atoms with Crippen molar-refractivity contribution in [2.24, 2.45) is 5.92 Å². The fraction of sp³-hybridized carbons (Fsp3) is 0.333. The maximum Gasteiger partial charge on any atom is 0.308 e. The van der Waals surface area contributed by atoms with Crippen LogP contribution in [0.25, 0.3) is 11.3 Å². The number of hydrogen-bond acceptors (Lipinski definition) is 4. The predicted molar refractivity (Wildman–Crippen MR) is 82.3 cm³/mol. The number of nitrogens with zero attached hydrogens (tertiary/aromatic N) is 1. The van der Waals surface area contributed by atoms with E-state index < -0.39 is 11.9 Å². The Morgan fingerprint density at radius 2 is 2.15 bits per heavy atom. The Morgan fingerprint density at radius 1 is 1.40 bits per heavy atom. The van der Waals surface area contributed by atoms with E-state index in [0.29, 0.717) is 6.54 Å². The van der Waals surface area contributed by atoms with Gasteiger partial charge in [0.2, 0.25) is 0 Å². The van der Waals surface area contributed by atoms with Crippen LogP contribution in [-0.4, -0.2) is 22.6 Å². The van der Waals surface area contributed by atoms with Crippen LogP contribution >= 0.6 is 11.3 Å². The lowest BCUT2D eigenvalue weighted by molar-refractivity contribution is -0.140. The summed E-state index contributed by atoms with van der Waals surface area (Å²) in [7, 11) is 0. The molecule has 1 heterocycles. The van der Waals surface area contributed by atoms with Crippen LogP contribution in [0.5, 0.6) is 0 Å². The van der Waals surface area contributed by atoms with Gasteiger partial charge in [-0.1, -0.05) is 19.1 Å². The predicted octanol–water partition coefficient (Wildman–Crippen LogP) is 3.56. The lowest BCUT2D eigenvalue weighted by atomic mass is 10.1. The zero-order valence-corrected chi connectivity index (χ0v) is 12.6. The summed E-state index contributed by atoms with van der Waals surface area (Å²) < 4.78 is 0. The topological polar surface area (TPSA) is 62.2 Å². The highest BCUT2D eigenvalue weighted by Crippen LogP contribution is 2.26. The number of rotatable bonds is 5. The van der Waals surface area contributed by atoms with Gasteiger partial charge >= 0.3 is 5.97 Å². The minimum absolute atomic E-state index is 0.384. The number of benzene rings is 1. The molecule has 1 aromatic carbocycles. The van der Waals surface area contributed by atoms with Crippen molar-refractivity contribution >= 4 is 22.4 Å². The van der Waals surface area contributed by atoms with Crippen LogP contribution in [0.1, 0.15) is 18.1 Å². The monoisotopic (exact) mass is 290 g/mol. The molecule has 0 saturated heterocycles. The van der Waals surface area contributed by atoms with Crippen LogP contribution < -0.4 is 5.32 Å². The van der Waals surface area contributed by atoms with E-state index in [-0.39, 0.29) is 0 Å². The highest BCUT2D eigenvalue weighted by atomic mass is 32.1. The maximum absolute atomic E-state index is 10.8. The second-order valence-corrected chi connectivity index (χ2v) is 5.82. The van der Waals surface area contributed by atoms with Crippen molar-refractivity contribution < 1.29 is 9.90 Å². The van der Waals surface area contributed by atoms with Crippen LogP contribution in [0.15, 0.2) is 23.6 Å². The van der Waals surface area contributed by atoms with Crippen molar-refractivity contribution in [2.45, 2.75) is 20.8 Å². The molecule has 106 valence electrons. The summed E-state index contributed by atoms with van der Waals surface area (Å²) in [5.74, 6) is -1.23. The zero-order valence-electron chi connectivity index (χ0n) is 11.8. The van der Waals surface area contributed by atoms with Gasteiger partial charge in [0, 0.05) is 17.5 Å². The van der Waals surface area contributed by atoms with Gasteiger partial charge in [0.25, 0.3) is 0 Å². The second kappa shape index (κ2) is 6.05. The molecule has 0 amide bonds. The van der Waals surface area contributed by atoms with E-state index in [1.54, 1.807) is 6.92 Å². The number of carboxylic acid groups (broad SMARTS) is 1. The molecule has 1 unspecified atom stereocenters. The highest BCUT2D eigenvalue weighted by Gasteiger charge is 2.11. The minimum Gasteiger partial charge on any atom is -0.481 e. The number of anilines is 1. The third kappa shape index (κ3) is 3.36. The van der Waals surface area contributed by atoms with Crippen LogP contribution in [0.4, 0.5) is 5.13 Å². The molecule has 2 rings (SSSR count). The number of nitrogens with one attached hydrogen (secondary N) is 1. The number of hydrogen-bond donors (Lipinski definition) is 2. The summed E-state index contributed by atoms with van der Waals surface area (Å²) in [5.41, 5.74) is 4.51. The van der Waals surface area contributed by atoms with Gasteiger partial charge in [0.1, 0.15) is 0 Å². The molecule has 2 N–H and O–H groups in total. The Labute approximate surface area is 122 Å². The average Bonchev–Trinajstić information content (AvgIpc) is 2.87. The molecule has 0 aliphatic heterocycles. The Bertz CT molecular complexity index is 622. The Hall–Kier alpha value is -1.88. The number of thiazole rings is 1. The molecule has 0 radical (unpaired) electrons. The third-order valence-electron chi connectivity index (χ3n) is 3.29. The van der Waals surface area contributed by atoms with Gasteiger partial charge in [-0.2, -0.15) is 0 Å². The van der Waals surface area contributed by atoms with Gasteiger partial charge in [-0.25, -0.2) is 4.98 Å². The van der Waals surface area contributed by atoms with Gasteiger partial charge < -0.3 is 10.4 Å². The molecule has 1 aromatic heterocycles. The van der Waals surface area contributed by atoms with Crippen molar-refractivity contribution in [1.82, 2.24) is 4.98 Å². The average molecular weight is 290 g/mol. The molecule has 0 fully saturated rings. The van der Waals surface area contributed by atoms with Crippen molar-refractivity contribution in [1.29, 1.82) is 0 Å². The number of aryl methyl sites for hydroxylation is 2. The third-order valence-corrected chi connectivity index (χ3v) is 4.09. The standard InChI is InChI=1S/C15H18N2O2S/c1-9-4-5-12(6-10(9)2)13-8-20-15(17-13)16-7-11(3)14(18)19/h4-6,8,11H,7H2,1-3H3,(H,16,17)(H,18,19). The van der Waals surface area contributed by atoms with Crippen LogP contribution in [-0.2, 0) is 4.79 Å². The number of aromatic nitrogens is 1. The van der Waals surface area contributed by atoms with E-state index in [9.17, 15) is 4.79 Å². The molecule has 20 heavy (non-hydrogen) atoms. The molecule has 4 nitrogen and oxygen atoms in total. The molecular formula is C15H18N2O2S. The summed E-state index contributed by atoms with van der Waals surface area (Å²) in [6.45, 7) is 6.22. The summed E-state index contributed by atoms with van der Waals surface area (Å²) in [4.78, 5) is 15.3. The summed E-state index contributed by atoms with van der Waals surface area (Å²) in [5, 5.41) is 14.7. The maximum atomic E-state index is 10.8. The first kappa shape index (κ1) is 14.5. The highest BCUT2D eigenvalue weighted by molar-refractivity contribution is 7.14. The molecule has 0 bridgehead atoms. The van der Waals surface area contributed by atoms with E-state index in [0.717, 1.165) is 16.4 Å². The Morgan fingerprint density at radius 3 is 2.80 bits per heavy atom. The normalized spacial score (nSPS) is 12.2. The van der Waals surface area contributed by atoms with Gasteiger partial charge in [0.05, 0.1) is 11.6 Å². The zero-order chi connectivity index (χ0) is 14.7. The van der Waals surface area contributed by atoms with Crippen molar-refractivity contribution in [3.8, 4) is 11.3 Å². The summed E-state index contributed by atoms with van der Waals surface area (Å²) in [6.07, 6.45) is 0. The van der Waals surface area contributed by atoms with Crippen molar-refractivity contribution in [3.63, 3.8) is 0 Å². The minimum atomic E-state index is -0.802. The molecular weight excluding hydrogens is 272 g/mol. The molecule has 0 aliphatic rings. The Balaban J connectivity index is 2.08. The van der Waals surface area contributed by atoms with Gasteiger partial charge in [-0.05, 0) is 31.0 Å². The lowest BCUT2D eigenvalue weighted by Gasteiger charge is -2.06. The largest absolute Gasteiger partial charge is 0.481 e. The molecule has 0 saturated carbocycles. The van der Waals surface area contributed by atoms with Gasteiger partial charge in [-0.15, -0.1) is 11.3 Å². The second-order valence-electron chi connectivity index (χ2n) is 4.96. The van der Waals surface area contributed by atoms with Crippen LogP contribution in [0, 0.1) is 19.8 Å².